The van der Waals surface area contributed by atoms with Crippen LogP contribution in [0.5, 0.6) is 5.75 Å². The summed E-state index contributed by atoms with van der Waals surface area (Å²) in [6.45, 7) is -0.909. The molecule has 0 spiro atoms. The second-order valence-corrected chi connectivity index (χ2v) is 5.87. The van der Waals surface area contributed by atoms with Gasteiger partial charge < -0.3 is 4.74 Å². The molecule has 1 aromatic rings. The second-order valence-electron chi connectivity index (χ2n) is 3.34. The third-order valence-electron chi connectivity index (χ3n) is 2.01. The van der Waals surface area contributed by atoms with Crippen molar-refractivity contribution >= 4 is 25.4 Å². The first-order chi connectivity index (χ1) is 8.77. The summed E-state index contributed by atoms with van der Waals surface area (Å²) >= 11 is 0. The van der Waals surface area contributed by atoms with Crippen LogP contribution < -0.4 is 4.74 Å². The van der Waals surface area contributed by atoms with Crippen molar-refractivity contribution in [3.8, 4) is 5.75 Å². The van der Waals surface area contributed by atoms with Crippen LogP contribution in [0.4, 0.5) is 14.5 Å². The zero-order valence-electron chi connectivity index (χ0n) is 9.31. The van der Waals surface area contributed by atoms with Crippen LogP contribution in [0.25, 0.3) is 0 Å². The van der Waals surface area contributed by atoms with Gasteiger partial charge in [0.05, 0.1) is 18.2 Å². The molecule has 0 heterocycles. The van der Waals surface area contributed by atoms with E-state index in [2.05, 4.69) is 0 Å². The van der Waals surface area contributed by atoms with Crippen LogP contribution in [-0.2, 0) is 9.05 Å². The molecule has 0 fully saturated rings. The minimum absolute atomic E-state index is 0.0334. The Morgan fingerprint density at radius 1 is 1.42 bits per heavy atom. The largest absolute Gasteiger partial charge is 0.487 e. The molecule has 1 rings (SSSR count). The fourth-order valence-corrected chi connectivity index (χ4v) is 2.11. The van der Waals surface area contributed by atoms with Crippen molar-refractivity contribution in [1.29, 1.82) is 0 Å². The van der Waals surface area contributed by atoms with E-state index in [4.69, 9.17) is 15.4 Å². The maximum Gasteiger partial charge on any atom is 0.312 e. The lowest BCUT2D eigenvalue weighted by molar-refractivity contribution is -0.386. The van der Waals surface area contributed by atoms with Crippen LogP contribution in [0.1, 0.15) is 6.42 Å². The SMILES string of the molecule is O=[N+]([O-])c1cc(S(=O)(=O)Cl)c(F)cc1OCCCF. The molecule has 0 amide bonds. The molecule has 0 atom stereocenters. The summed E-state index contributed by atoms with van der Waals surface area (Å²) in [6.07, 6.45) is -0.0334. The summed E-state index contributed by atoms with van der Waals surface area (Å²) in [4.78, 5) is 8.77. The maximum atomic E-state index is 13.5. The molecule has 6 nitrogen and oxygen atoms in total. The average Bonchev–Trinajstić information content (AvgIpc) is 2.27. The average molecular weight is 316 g/mol. The number of alkyl halides is 1. The molecule has 106 valence electrons. The number of nitro groups is 1. The molecule has 0 bridgehead atoms. The van der Waals surface area contributed by atoms with E-state index in [-0.39, 0.29) is 13.0 Å². The van der Waals surface area contributed by atoms with Gasteiger partial charge in [-0.3, -0.25) is 14.5 Å². The van der Waals surface area contributed by atoms with Crippen molar-refractivity contribution in [2.75, 3.05) is 13.3 Å². The fraction of sp³-hybridized carbons (Fsp3) is 0.333. The summed E-state index contributed by atoms with van der Waals surface area (Å²) in [5, 5.41) is 10.7. The van der Waals surface area contributed by atoms with Gasteiger partial charge in [0.2, 0.25) is 0 Å². The number of benzene rings is 1. The smallest absolute Gasteiger partial charge is 0.312 e. The Kier molecular flexibility index (Phi) is 5.01. The Labute approximate surface area is 111 Å². The normalized spacial score (nSPS) is 11.3. The first kappa shape index (κ1) is 15.6. The highest BCUT2D eigenvalue weighted by atomic mass is 35.7. The van der Waals surface area contributed by atoms with E-state index in [0.717, 1.165) is 0 Å². The van der Waals surface area contributed by atoms with Gasteiger partial charge in [-0.2, -0.15) is 0 Å². The van der Waals surface area contributed by atoms with Gasteiger partial charge in [0.1, 0.15) is 10.7 Å². The van der Waals surface area contributed by atoms with E-state index in [1.54, 1.807) is 0 Å². The van der Waals surface area contributed by atoms with Crippen molar-refractivity contribution < 1.29 is 26.9 Å². The molecule has 0 N–H and O–H groups in total. The van der Waals surface area contributed by atoms with E-state index < -0.39 is 42.8 Å². The first-order valence-corrected chi connectivity index (χ1v) is 7.19. The third kappa shape index (κ3) is 4.00. The molecule has 0 saturated heterocycles. The van der Waals surface area contributed by atoms with E-state index in [1.807, 2.05) is 0 Å². The zero-order chi connectivity index (χ0) is 14.6. The van der Waals surface area contributed by atoms with Crippen molar-refractivity contribution in [3.63, 3.8) is 0 Å². The number of nitro benzene ring substituents is 1. The van der Waals surface area contributed by atoms with E-state index in [1.165, 1.54) is 0 Å². The first-order valence-electron chi connectivity index (χ1n) is 4.88. The van der Waals surface area contributed by atoms with Crippen LogP contribution in [0.15, 0.2) is 17.0 Å². The lowest BCUT2D eigenvalue weighted by Crippen LogP contribution is -2.04. The highest BCUT2D eigenvalue weighted by molar-refractivity contribution is 8.13. The fourth-order valence-electron chi connectivity index (χ4n) is 1.21. The van der Waals surface area contributed by atoms with Gasteiger partial charge in [-0.15, -0.1) is 0 Å². The van der Waals surface area contributed by atoms with E-state index in [9.17, 15) is 27.3 Å². The van der Waals surface area contributed by atoms with Gasteiger partial charge in [-0.1, -0.05) is 0 Å². The number of halogens is 3. The summed E-state index contributed by atoms with van der Waals surface area (Å²) in [5.74, 6) is -1.77. The molecule has 0 aliphatic carbocycles. The molecule has 0 radical (unpaired) electrons. The topological polar surface area (TPSA) is 86.5 Å². The van der Waals surface area contributed by atoms with Gasteiger partial charge in [-0.05, 0) is 0 Å². The standard InChI is InChI=1S/C9H8ClF2NO5S/c10-19(16,17)9-5-7(13(14)15)8(4-6(9)12)18-3-1-2-11/h4-5H,1-3H2. The quantitative estimate of drug-likeness (QED) is 0.348. The minimum atomic E-state index is -4.45. The van der Waals surface area contributed by atoms with Gasteiger partial charge in [0, 0.05) is 29.2 Å². The molecular formula is C9H8ClF2NO5S. The van der Waals surface area contributed by atoms with Crippen molar-refractivity contribution in [2.45, 2.75) is 11.3 Å². The number of hydrogen-bond acceptors (Lipinski definition) is 5. The number of rotatable bonds is 6. The lowest BCUT2D eigenvalue weighted by Gasteiger charge is -2.07. The second kappa shape index (κ2) is 6.11. The third-order valence-corrected chi connectivity index (χ3v) is 3.35. The number of ether oxygens (including phenoxy) is 1. The Morgan fingerprint density at radius 3 is 2.53 bits per heavy atom. The number of nitrogens with zero attached hydrogens (tertiary/aromatic N) is 1. The van der Waals surface area contributed by atoms with Crippen molar-refractivity contribution in [1.82, 2.24) is 0 Å². The zero-order valence-corrected chi connectivity index (χ0v) is 10.9. The summed E-state index contributed by atoms with van der Waals surface area (Å²) in [5.41, 5.74) is -0.764. The molecule has 19 heavy (non-hydrogen) atoms. The predicted octanol–water partition coefficient (Wildman–Crippen LogP) is 2.40. The Hall–Kier alpha value is -1.48. The molecule has 0 unspecified atom stereocenters. The highest BCUT2D eigenvalue weighted by Gasteiger charge is 2.25. The molecule has 0 aliphatic rings. The molecule has 0 aliphatic heterocycles. The monoisotopic (exact) mass is 315 g/mol. The summed E-state index contributed by atoms with van der Waals surface area (Å²) in [6, 6.07) is 0.994. The van der Waals surface area contributed by atoms with Crippen molar-refractivity contribution in [2.24, 2.45) is 0 Å². The van der Waals surface area contributed by atoms with Crippen molar-refractivity contribution in [3.05, 3.63) is 28.1 Å². The van der Waals surface area contributed by atoms with Crippen LogP contribution in [0.3, 0.4) is 0 Å². The van der Waals surface area contributed by atoms with Crippen LogP contribution in [-0.4, -0.2) is 26.6 Å². The van der Waals surface area contributed by atoms with Gasteiger partial charge >= 0.3 is 5.69 Å². The number of hydrogen-bond donors (Lipinski definition) is 0. The summed E-state index contributed by atoms with van der Waals surface area (Å²) < 4.78 is 52.2. The minimum Gasteiger partial charge on any atom is -0.487 e. The molecular weight excluding hydrogens is 308 g/mol. The van der Waals surface area contributed by atoms with Crippen LogP contribution in [0, 0.1) is 15.9 Å². The van der Waals surface area contributed by atoms with E-state index >= 15 is 0 Å². The van der Waals surface area contributed by atoms with Gasteiger partial charge in [0.15, 0.2) is 5.75 Å². The van der Waals surface area contributed by atoms with Crippen LogP contribution in [0.2, 0.25) is 0 Å². The molecule has 0 saturated carbocycles. The van der Waals surface area contributed by atoms with Crippen LogP contribution >= 0.6 is 10.7 Å². The van der Waals surface area contributed by atoms with E-state index in [0.29, 0.717) is 12.1 Å². The Morgan fingerprint density at radius 2 is 2.05 bits per heavy atom. The maximum absolute atomic E-state index is 13.5. The van der Waals surface area contributed by atoms with Gasteiger partial charge in [0.25, 0.3) is 9.05 Å². The Balaban J connectivity index is 3.26. The highest BCUT2D eigenvalue weighted by Crippen LogP contribution is 2.33. The molecule has 10 heteroatoms. The molecule has 1 aromatic carbocycles. The summed E-state index contributed by atoms with van der Waals surface area (Å²) in [7, 11) is 0.485. The lowest BCUT2D eigenvalue weighted by atomic mass is 10.3. The Bertz CT molecular complexity index is 593. The van der Waals surface area contributed by atoms with Gasteiger partial charge in [-0.25, -0.2) is 12.8 Å². The predicted molar refractivity (Wildman–Crippen MR) is 62.2 cm³/mol. The molecule has 0 aromatic heterocycles.